The zero-order valence-electron chi connectivity index (χ0n) is 10.7. The van der Waals surface area contributed by atoms with Gasteiger partial charge in [-0.05, 0) is 31.5 Å². The van der Waals surface area contributed by atoms with E-state index in [-0.39, 0.29) is 19.0 Å². The summed E-state index contributed by atoms with van der Waals surface area (Å²) in [6.07, 6.45) is -2.17. The normalized spacial score (nSPS) is 17.7. The van der Waals surface area contributed by atoms with Gasteiger partial charge in [-0.3, -0.25) is 0 Å². The number of carbonyl (C=O) groups is 1. The molecule has 0 fully saturated rings. The smallest absolute Gasteiger partial charge is 0.344 e. The van der Waals surface area contributed by atoms with Crippen molar-refractivity contribution in [3.8, 4) is 11.5 Å². The van der Waals surface area contributed by atoms with Gasteiger partial charge in [0.15, 0.2) is 11.5 Å². The summed E-state index contributed by atoms with van der Waals surface area (Å²) in [6.45, 7) is 2.92. The number of esters is 1. The summed E-state index contributed by atoms with van der Waals surface area (Å²) in [5, 5.41) is 10.2. The lowest BCUT2D eigenvalue weighted by Gasteiger charge is -2.26. The molecule has 1 aromatic rings. The molecule has 19 heavy (non-hydrogen) atoms. The Bertz CT molecular complexity index is 486. The van der Waals surface area contributed by atoms with Gasteiger partial charge in [-0.25, -0.2) is 9.18 Å². The Balaban J connectivity index is 2.26. The van der Waals surface area contributed by atoms with Gasteiger partial charge in [-0.1, -0.05) is 6.07 Å². The highest BCUT2D eigenvalue weighted by Crippen LogP contribution is 2.37. The van der Waals surface area contributed by atoms with Crippen molar-refractivity contribution < 1.29 is 28.5 Å². The number of rotatable bonds is 4. The molecule has 0 bridgehead atoms. The van der Waals surface area contributed by atoms with E-state index in [9.17, 15) is 14.3 Å². The Labute approximate surface area is 109 Å². The molecule has 1 aliphatic rings. The van der Waals surface area contributed by atoms with E-state index < -0.39 is 17.7 Å². The second-order valence-corrected chi connectivity index (χ2v) is 4.33. The second-order valence-electron chi connectivity index (χ2n) is 4.33. The number of halogens is 1. The number of carbonyl (C=O) groups excluding carboxylic acids is 1. The molecule has 1 aliphatic heterocycles. The summed E-state index contributed by atoms with van der Waals surface area (Å²) in [7, 11) is 0. The van der Waals surface area contributed by atoms with Gasteiger partial charge in [-0.2, -0.15) is 0 Å². The maximum Gasteiger partial charge on any atom is 0.344 e. The zero-order chi connectivity index (χ0) is 14.0. The average Bonchev–Trinajstić information content (AvgIpc) is 2.85. The van der Waals surface area contributed by atoms with Crippen LogP contribution in [-0.4, -0.2) is 30.6 Å². The predicted octanol–water partition coefficient (Wildman–Crippen LogP) is 1.52. The Kier molecular flexibility index (Phi) is 3.61. The van der Waals surface area contributed by atoms with E-state index in [1.54, 1.807) is 13.0 Å². The third-order valence-electron chi connectivity index (χ3n) is 2.94. The van der Waals surface area contributed by atoms with E-state index in [1.807, 2.05) is 0 Å². The van der Waals surface area contributed by atoms with E-state index in [0.29, 0.717) is 11.5 Å². The van der Waals surface area contributed by atoms with Crippen LogP contribution in [0, 0.1) is 0 Å². The van der Waals surface area contributed by atoms with Crippen LogP contribution in [0.5, 0.6) is 11.5 Å². The van der Waals surface area contributed by atoms with Crippen LogP contribution in [0.4, 0.5) is 4.39 Å². The SMILES string of the molecule is CCOC(=O)C(F)C(C)(O)c1ccc2c(c1)OCO2. The highest BCUT2D eigenvalue weighted by atomic mass is 19.1. The molecule has 0 aromatic heterocycles. The first-order valence-electron chi connectivity index (χ1n) is 5.90. The van der Waals surface area contributed by atoms with Crippen LogP contribution in [0.15, 0.2) is 18.2 Å². The Morgan fingerprint density at radius 1 is 1.53 bits per heavy atom. The van der Waals surface area contributed by atoms with Crippen molar-refractivity contribution in [2.24, 2.45) is 0 Å². The lowest BCUT2D eigenvalue weighted by atomic mass is 9.90. The first kappa shape index (κ1) is 13.6. The van der Waals surface area contributed by atoms with Crippen molar-refractivity contribution in [3.63, 3.8) is 0 Å². The van der Waals surface area contributed by atoms with Crippen LogP contribution in [0.2, 0.25) is 0 Å². The predicted molar refractivity (Wildman–Crippen MR) is 63.7 cm³/mol. The molecule has 104 valence electrons. The van der Waals surface area contributed by atoms with Gasteiger partial charge in [0.05, 0.1) is 6.61 Å². The van der Waals surface area contributed by atoms with Crippen molar-refractivity contribution in [2.75, 3.05) is 13.4 Å². The fraction of sp³-hybridized carbons (Fsp3) is 0.462. The first-order valence-corrected chi connectivity index (χ1v) is 5.90. The van der Waals surface area contributed by atoms with Crippen LogP contribution in [-0.2, 0) is 15.1 Å². The van der Waals surface area contributed by atoms with Crippen LogP contribution in [0.3, 0.4) is 0 Å². The van der Waals surface area contributed by atoms with Crippen molar-refractivity contribution in [1.82, 2.24) is 0 Å². The number of benzene rings is 1. The van der Waals surface area contributed by atoms with Gasteiger partial charge in [0.2, 0.25) is 13.0 Å². The molecule has 0 aliphatic carbocycles. The maximum absolute atomic E-state index is 14.0. The minimum absolute atomic E-state index is 0.0521. The fourth-order valence-corrected chi connectivity index (χ4v) is 1.80. The second kappa shape index (κ2) is 5.05. The standard InChI is InChI=1S/C13H15FO5/c1-3-17-12(15)11(14)13(2,16)8-4-5-9-10(6-8)19-7-18-9/h4-6,11,16H,3,7H2,1-2H3. The molecule has 2 rings (SSSR count). The summed E-state index contributed by atoms with van der Waals surface area (Å²) in [4.78, 5) is 11.4. The molecule has 0 radical (unpaired) electrons. The van der Waals surface area contributed by atoms with Gasteiger partial charge in [0.25, 0.3) is 0 Å². The van der Waals surface area contributed by atoms with Gasteiger partial charge in [0.1, 0.15) is 5.60 Å². The quantitative estimate of drug-likeness (QED) is 0.840. The van der Waals surface area contributed by atoms with Gasteiger partial charge in [-0.15, -0.1) is 0 Å². The van der Waals surface area contributed by atoms with Crippen molar-refractivity contribution in [3.05, 3.63) is 23.8 Å². The molecule has 1 aromatic carbocycles. The highest BCUT2D eigenvalue weighted by molar-refractivity contribution is 5.76. The topological polar surface area (TPSA) is 65.0 Å². The molecule has 0 saturated carbocycles. The molecule has 0 saturated heterocycles. The van der Waals surface area contributed by atoms with Crippen LogP contribution in [0.1, 0.15) is 19.4 Å². The summed E-state index contributed by atoms with van der Waals surface area (Å²) in [5.74, 6) is -0.162. The van der Waals surface area contributed by atoms with Crippen LogP contribution >= 0.6 is 0 Å². The van der Waals surface area contributed by atoms with E-state index >= 15 is 0 Å². The molecule has 0 amide bonds. The van der Waals surface area contributed by atoms with Gasteiger partial charge in [0, 0.05) is 0 Å². The molecule has 0 spiro atoms. The van der Waals surface area contributed by atoms with Crippen molar-refractivity contribution >= 4 is 5.97 Å². The maximum atomic E-state index is 14.0. The monoisotopic (exact) mass is 270 g/mol. The Hall–Kier alpha value is -1.82. The van der Waals surface area contributed by atoms with E-state index in [4.69, 9.17) is 9.47 Å². The molecule has 2 atom stereocenters. The third kappa shape index (κ3) is 2.49. The minimum atomic E-state index is -2.17. The number of ether oxygens (including phenoxy) is 3. The zero-order valence-corrected chi connectivity index (χ0v) is 10.7. The molecule has 1 N–H and O–H groups in total. The largest absolute Gasteiger partial charge is 0.464 e. The molecule has 1 heterocycles. The van der Waals surface area contributed by atoms with E-state index in [0.717, 1.165) is 0 Å². The number of alkyl halides is 1. The van der Waals surface area contributed by atoms with Crippen molar-refractivity contribution in [1.29, 1.82) is 0 Å². The van der Waals surface area contributed by atoms with Crippen LogP contribution in [0.25, 0.3) is 0 Å². The first-order chi connectivity index (χ1) is 8.96. The molecule has 5 nitrogen and oxygen atoms in total. The summed E-state index contributed by atoms with van der Waals surface area (Å²) in [5.41, 5.74) is -1.77. The lowest BCUT2D eigenvalue weighted by Crippen LogP contribution is -2.40. The number of hydrogen-bond donors (Lipinski definition) is 1. The summed E-state index contributed by atoms with van der Waals surface area (Å²) < 4.78 is 28.8. The molecular formula is C13H15FO5. The average molecular weight is 270 g/mol. The van der Waals surface area contributed by atoms with E-state index in [1.165, 1.54) is 19.1 Å². The number of hydrogen-bond acceptors (Lipinski definition) is 5. The summed E-state index contributed by atoms with van der Waals surface area (Å²) in [6, 6.07) is 4.50. The lowest BCUT2D eigenvalue weighted by molar-refractivity contribution is -0.160. The van der Waals surface area contributed by atoms with E-state index in [2.05, 4.69) is 4.74 Å². The third-order valence-corrected chi connectivity index (χ3v) is 2.94. The highest BCUT2D eigenvalue weighted by Gasteiger charge is 2.41. The van der Waals surface area contributed by atoms with Gasteiger partial charge >= 0.3 is 5.97 Å². The fourth-order valence-electron chi connectivity index (χ4n) is 1.80. The number of aliphatic hydroxyl groups is 1. The minimum Gasteiger partial charge on any atom is -0.464 e. The molecule has 2 unspecified atom stereocenters. The van der Waals surface area contributed by atoms with Gasteiger partial charge < -0.3 is 19.3 Å². The summed E-state index contributed by atoms with van der Waals surface area (Å²) >= 11 is 0. The van der Waals surface area contributed by atoms with Crippen molar-refractivity contribution in [2.45, 2.75) is 25.6 Å². The Morgan fingerprint density at radius 3 is 2.89 bits per heavy atom. The molecule has 6 heteroatoms. The molecular weight excluding hydrogens is 255 g/mol. The Morgan fingerprint density at radius 2 is 2.21 bits per heavy atom. The van der Waals surface area contributed by atoms with Crippen LogP contribution < -0.4 is 9.47 Å². The number of fused-ring (bicyclic) bond motifs is 1.